The summed E-state index contributed by atoms with van der Waals surface area (Å²) in [5.74, 6) is -0.533. The lowest BCUT2D eigenvalue weighted by Crippen LogP contribution is -2.46. The minimum absolute atomic E-state index is 0.134. The highest BCUT2D eigenvalue weighted by Gasteiger charge is 2.39. The molecule has 1 aliphatic rings. The first kappa shape index (κ1) is 13.7. The highest BCUT2D eigenvalue weighted by Crippen LogP contribution is 2.29. The number of benzene rings is 1. The molecule has 5 nitrogen and oxygen atoms in total. The summed E-state index contributed by atoms with van der Waals surface area (Å²) in [4.78, 5) is 24.8. The first-order valence-electron chi connectivity index (χ1n) is 6.00. The maximum Gasteiger partial charge on any atom is 0.327 e. The van der Waals surface area contributed by atoms with Crippen molar-refractivity contribution in [2.75, 3.05) is 11.1 Å². The molecule has 2 unspecified atom stereocenters. The molecular formula is C13H16N2O3S. The molecule has 0 saturated carbocycles. The summed E-state index contributed by atoms with van der Waals surface area (Å²) in [6.45, 7) is 3.73. The van der Waals surface area contributed by atoms with E-state index in [0.717, 1.165) is 5.56 Å². The Labute approximate surface area is 116 Å². The molecule has 2 amide bonds. The minimum Gasteiger partial charge on any atom is -0.480 e. The Kier molecular flexibility index (Phi) is 3.99. The summed E-state index contributed by atoms with van der Waals surface area (Å²) in [5.41, 5.74) is 1.66. The quantitative estimate of drug-likeness (QED) is 0.872. The van der Waals surface area contributed by atoms with Crippen LogP contribution in [0.4, 0.5) is 10.5 Å². The summed E-state index contributed by atoms with van der Waals surface area (Å²) in [6.07, 6.45) is 0. The van der Waals surface area contributed by atoms with Crippen LogP contribution in [0.5, 0.6) is 0 Å². The number of carboxylic acid groups (broad SMARTS) is 1. The lowest BCUT2D eigenvalue weighted by atomic mass is 10.2. The average Bonchev–Trinajstić information content (AvgIpc) is 2.74. The number of nitrogens with zero attached hydrogens (tertiary/aromatic N) is 1. The molecule has 1 aromatic rings. The van der Waals surface area contributed by atoms with Gasteiger partial charge in [0.05, 0.1) is 5.37 Å². The number of hydrogen-bond acceptors (Lipinski definition) is 3. The van der Waals surface area contributed by atoms with Crippen LogP contribution >= 0.6 is 11.8 Å². The van der Waals surface area contributed by atoms with Crippen LogP contribution in [0.25, 0.3) is 0 Å². The van der Waals surface area contributed by atoms with Gasteiger partial charge in [0.25, 0.3) is 0 Å². The largest absolute Gasteiger partial charge is 0.480 e. The summed E-state index contributed by atoms with van der Waals surface area (Å²) in [6, 6.07) is 6.30. The van der Waals surface area contributed by atoms with E-state index in [4.69, 9.17) is 5.11 Å². The third kappa shape index (κ3) is 2.84. The van der Waals surface area contributed by atoms with Crippen molar-refractivity contribution in [3.8, 4) is 0 Å². The number of rotatable bonds is 2. The number of carbonyl (C=O) groups is 2. The molecule has 0 bridgehead atoms. The van der Waals surface area contributed by atoms with E-state index in [-0.39, 0.29) is 11.4 Å². The van der Waals surface area contributed by atoms with Crippen LogP contribution in [-0.2, 0) is 4.79 Å². The molecule has 102 valence electrons. The van der Waals surface area contributed by atoms with E-state index in [2.05, 4.69) is 5.32 Å². The molecule has 2 rings (SSSR count). The Morgan fingerprint density at radius 1 is 1.42 bits per heavy atom. The summed E-state index contributed by atoms with van der Waals surface area (Å²) >= 11 is 1.47. The first-order chi connectivity index (χ1) is 9.00. The molecule has 1 saturated heterocycles. The van der Waals surface area contributed by atoms with E-state index >= 15 is 0 Å². The maximum atomic E-state index is 12.2. The van der Waals surface area contributed by atoms with Crippen molar-refractivity contribution in [2.45, 2.75) is 25.3 Å². The van der Waals surface area contributed by atoms with Gasteiger partial charge in [-0.05, 0) is 25.5 Å². The molecule has 0 spiro atoms. The van der Waals surface area contributed by atoms with Crippen molar-refractivity contribution in [1.82, 2.24) is 4.90 Å². The molecule has 19 heavy (non-hydrogen) atoms. The number of nitrogens with one attached hydrogen (secondary N) is 1. The molecule has 1 aromatic carbocycles. The molecule has 2 N–H and O–H groups in total. The zero-order valence-corrected chi connectivity index (χ0v) is 11.6. The highest BCUT2D eigenvalue weighted by molar-refractivity contribution is 8.00. The third-order valence-electron chi connectivity index (χ3n) is 3.13. The van der Waals surface area contributed by atoms with Crippen molar-refractivity contribution in [3.05, 3.63) is 29.8 Å². The number of hydrogen-bond donors (Lipinski definition) is 2. The number of carbonyl (C=O) groups excluding carboxylic acids is 1. The zero-order valence-electron chi connectivity index (χ0n) is 10.8. The molecule has 6 heteroatoms. The zero-order chi connectivity index (χ0) is 14.0. The lowest BCUT2D eigenvalue weighted by Gasteiger charge is -2.25. The SMILES string of the molecule is Cc1ccccc1NC(=O)N1C(C)SCC1C(=O)O. The van der Waals surface area contributed by atoms with E-state index in [1.807, 2.05) is 32.0 Å². The van der Waals surface area contributed by atoms with Gasteiger partial charge < -0.3 is 10.4 Å². The molecule has 1 fully saturated rings. The van der Waals surface area contributed by atoms with Gasteiger partial charge in [-0.15, -0.1) is 11.8 Å². The van der Waals surface area contributed by atoms with Gasteiger partial charge in [-0.25, -0.2) is 9.59 Å². The average molecular weight is 280 g/mol. The van der Waals surface area contributed by atoms with Gasteiger partial charge in [0, 0.05) is 11.4 Å². The molecule has 0 radical (unpaired) electrons. The second-order valence-corrected chi connectivity index (χ2v) is 5.79. The summed E-state index contributed by atoms with van der Waals surface area (Å²) in [5, 5.41) is 11.8. The number of amides is 2. The molecule has 1 aliphatic heterocycles. The van der Waals surface area contributed by atoms with Crippen LogP contribution in [0.2, 0.25) is 0 Å². The first-order valence-corrected chi connectivity index (χ1v) is 7.05. The number of carboxylic acids is 1. The topological polar surface area (TPSA) is 69.6 Å². The van der Waals surface area contributed by atoms with Gasteiger partial charge >= 0.3 is 12.0 Å². The van der Waals surface area contributed by atoms with Gasteiger partial charge in [-0.1, -0.05) is 18.2 Å². The maximum absolute atomic E-state index is 12.2. The van der Waals surface area contributed by atoms with Crippen LogP contribution in [0, 0.1) is 6.92 Å². The van der Waals surface area contributed by atoms with Crippen LogP contribution in [0.3, 0.4) is 0 Å². The molecule has 0 aromatic heterocycles. The van der Waals surface area contributed by atoms with Crippen molar-refractivity contribution in [3.63, 3.8) is 0 Å². The Morgan fingerprint density at radius 2 is 2.11 bits per heavy atom. The standard InChI is InChI=1S/C13H16N2O3S/c1-8-5-3-4-6-10(8)14-13(18)15-9(2)19-7-11(15)12(16)17/h3-6,9,11H,7H2,1-2H3,(H,14,18)(H,16,17). The Bertz CT molecular complexity index is 506. The number of aryl methyl sites for hydroxylation is 1. The van der Waals surface area contributed by atoms with Crippen molar-refractivity contribution < 1.29 is 14.7 Å². The van der Waals surface area contributed by atoms with Gasteiger partial charge in [-0.3, -0.25) is 4.90 Å². The number of aliphatic carboxylic acids is 1. The predicted molar refractivity (Wildman–Crippen MR) is 75.4 cm³/mol. The van der Waals surface area contributed by atoms with Crippen molar-refractivity contribution in [2.24, 2.45) is 0 Å². The summed E-state index contributed by atoms with van der Waals surface area (Å²) < 4.78 is 0. The van der Waals surface area contributed by atoms with Gasteiger partial charge in [-0.2, -0.15) is 0 Å². The van der Waals surface area contributed by atoms with E-state index in [1.165, 1.54) is 16.7 Å². The van der Waals surface area contributed by atoms with Gasteiger partial charge in [0.2, 0.25) is 0 Å². The normalized spacial score (nSPS) is 22.3. The Morgan fingerprint density at radius 3 is 2.74 bits per heavy atom. The number of urea groups is 1. The number of anilines is 1. The molecule has 1 heterocycles. The van der Waals surface area contributed by atoms with Crippen LogP contribution in [-0.4, -0.2) is 39.2 Å². The second-order valence-electron chi connectivity index (χ2n) is 4.44. The van der Waals surface area contributed by atoms with E-state index < -0.39 is 12.0 Å². The second kappa shape index (κ2) is 5.52. The fourth-order valence-electron chi connectivity index (χ4n) is 2.03. The lowest BCUT2D eigenvalue weighted by molar-refractivity contribution is -0.141. The highest BCUT2D eigenvalue weighted by atomic mass is 32.2. The van der Waals surface area contributed by atoms with E-state index in [0.29, 0.717) is 11.4 Å². The van der Waals surface area contributed by atoms with E-state index in [1.54, 1.807) is 6.07 Å². The minimum atomic E-state index is -0.961. The number of para-hydroxylation sites is 1. The van der Waals surface area contributed by atoms with Crippen molar-refractivity contribution in [1.29, 1.82) is 0 Å². The third-order valence-corrected chi connectivity index (χ3v) is 4.35. The monoisotopic (exact) mass is 280 g/mol. The number of thioether (sulfide) groups is 1. The Hall–Kier alpha value is -1.69. The van der Waals surface area contributed by atoms with Crippen LogP contribution in [0.1, 0.15) is 12.5 Å². The Balaban J connectivity index is 2.15. The van der Waals surface area contributed by atoms with Crippen LogP contribution < -0.4 is 5.32 Å². The van der Waals surface area contributed by atoms with Gasteiger partial charge in [0.1, 0.15) is 6.04 Å². The smallest absolute Gasteiger partial charge is 0.327 e. The molecule has 2 atom stereocenters. The fourth-order valence-corrected chi connectivity index (χ4v) is 3.20. The molecule has 0 aliphatic carbocycles. The fraction of sp³-hybridized carbons (Fsp3) is 0.385. The summed E-state index contributed by atoms with van der Waals surface area (Å²) in [7, 11) is 0. The van der Waals surface area contributed by atoms with Crippen LogP contribution in [0.15, 0.2) is 24.3 Å². The van der Waals surface area contributed by atoms with Gasteiger partial charge in [0.15, 0.2) is 0 Å². The van der Waals surface area contributed by atoms with Crippen molar-refractivity contribution >= 4 is 29.4 Å². The van der Waals surface area contributed by atoms with E-state index in [9.17, 15) is 9.59 Å². The predicted octanol–water partition coefficient (Wildman–Crippen LogP) is 2.37. The molecular weight excluding hydrogens is 264 g/mol.